The molecule has 13 nitrogen and oxygen atoms in total. The fourth-order valence-electron chi connectivity index (χ4n) is 4.07. The van der Waals surface area contributed by atoms with Crippen molar-refractivity contribution in [3.8, 4) is 23.0 Å². The SMILES string of the molecule is C[C@H](Cc1ccc(O)c(O[C@@H]2O[C@H](C(=O)O)[C@@H](O)[C@H](O)[C@H]2O)c1)[C@@H](C)Cc1ccc(OS(=O)(=O)O)c(O)c1. The van der Waals surface area contributed by atoms with Gasteiger partial charge in [-0.15, -0.1) is 0 Å². The van der Waals surface area contributed by atoms with Gasteiger partial charge in [0.15, 0.2) is 29.1 Å². The number of aliphatic carboxylic acids is 1. The molecular formula is C24H30O13S. The summed E-state index contributed by atoms with van der Waals surface area (Å²) in [6, 6.07) is 8.60. The number of aliphatic hydroxyl groups is 3. The Hall–Kier alpha value is -3.14. The van der Waals surface area contributed by atoms with Gasteiger partial charge in [0, 0.05) is 0 Å². The Morgan fingerprint density at radius 2 is 1.47 bits per heavy atom. The Kier molecular flexibility index (Phi) is 9.07. The lowest BCUT2D eigenvalue weighted by atomic mass is 9.85. The van der Waals surface area contributed by atoms with Crippen LogP contribution in [0.15, 0.2) is 36.4 Å². The summed E-state index contributed by atoms with van der Waals surface area (Å²) in [6.07, 6.45) is -8.03. The lowest BCUT2D eigenvalue weighted by Crippen LogP contribution is -2.61. The molecule has 210 valence electrons. The number of carboxylic acids is 1. The Labute approximate surface area is 218 Å². The van der Waals surface area contributed by atoms with Crippen LogP contribution in [-0.4, -0.2) is 80.3 Å². The average Bonchev–Trinajstić information content (AvgIpc) is 2.82. The van der Waals surface area contributed by atoms with Crippen LogP contribution in [0.3, 0.4) is 0 Å². The molecule has 0 unspecified atom stereocenters. The van der Waals surface area contributed by atoms with Crippen LogP contribution in [0.5, 0.6) is 23.0 Å². The van der Waals surface area contributed by atoms with Crippen molar-refractivity contribution in [3.05, 3.63) is 47.5 Å². The minimum absolute atomic E-state index is 0.0492. The standard InChI is InChI=1S/C24H30O13S/c1-11(7-13-4-6-17(16(26)9-13)37-38(32,33)34)12(2)8-14-3-5-15(25)18(10-14)35-24-21(29)19(27)20(28)22(36-24)23(30)31/h3-6,9-12,19-22,24-29H,7-8H2,1-2H3,(H,30,31)(H,32,33,34)/t11-,12+,19-,20-,21+,22-,24+/m0/s1. The van der Waals surface area contributed by atoms with Crippen molar-refractivity contribution in [2.45, 2.75) is 57.4 Å². The predicted octanol–water partition coefficient (Wildman–Crippen LogP) is 0.608. The van der Waals surface area contributed by atoms with Crippen molar-refractivity contribution in [3.63, 3.8) is 0 Å². The maximum Gasteiger partial charge on any atom is 0.446 e. The lowest BCUT2D eigenvalue weighted by Gasteiger charge is -2.38. The summed E-state index contributed by atoms with van der Waals surface area (Å²) in [5, 5.41) is 59.4. The molecule has 14 heteroatoms. The van der Waals surface area contributed by atoms with Crippen LogP contribution >= 0.6 is 0 Å². The first-order chi connectivity index (χ1) is 17.7. The van der Waals surface area contributed by atoms with Gasteiger partial charge < -0.3 is 44.3 Å². The van der Waals surface area contributed by atoms with E-state index in [-0.39, 0.29) is 23.3 Å². The van der Waals surface area contributed by atoms with Gasteiger partial charge in [0.1, 0.15) is 18.3 Å². The van der Waals surface area contributed by atoms with Gasteiger partial charge >= 0.3 is 16.4 Å². The number of phenolic OH excluding ortho intramolecular Hbond substituents is 2. The van der Waals surface area contributed by atoms with E-state index < -0.39 is 58.6 Å². The topological polar surface area (TPSA) is 221 Å². The molecule has 1 aliphatic rings. The molecular weight excluding hydrogens is 528 g/mol. The molecule has 0 radical (unpaired) electrons. The van der Waals surface area contributed by atoms with Crippen LogP contribution in [0.1, 0.15) is 25.0 Å². The van der Waals surface area contributed by atoms with Crippen molar-refractivity contribution in [2.75, 3.05) is 0 Å². The highest BCUT2D eigenvalue weighted by Gasteiger charge is 2.48. The summed E-state index contributed by atoms with van der Waals surface area (Å²) < 4.78 is 45.4. The van der Waals surface area contributed by atoms with Crippen LogP contribution in [0.4, 0.5) is 0 Å². The lowest BCUT2D eigenvalue weighted by molar-refractivity contribution is -0.271. The zero-order chi connectivity index (χ0) is 28.4. The molecule has 1 aliphatic heterocycles. The molecule has 0 amide bonds. The molecule has 0 aromatic heterocycles. The first-order valence-electron chi connectivity index (χ1n) is 11.6. The minimum atomic E-state index is -4.77. The summed E-state index contributed by atoms with van der Waals surface area (Å²) in [5.74, 6) is -2.76. The normalized spacial score (nSPS) is 25.4. The fraction of sp³-hybridized carbons (Fsp3) is 0.458. The molecule has 7 atom stereocenters. The van der Waals surface area contributed by atoms with Crippen LogP contribution in [0, 0.1) is 11.8 Å². The van der Waals surface area contributed by atoms with Crippen LogP contribution in [-0.2, 0) is 32.8 Å². The Balaban J connectivity index is 1.67. The molecule has 3 rings (SSSR count). The summed E-state index contributed by atoms with van der Waals surface area (Å²) in [5.41, 5.74) is 1.41. The third-order valence-electron chi connectivity index (χ3n) is 6.39. The second-order valence-electron chi connectivity index (χ2n) is 9.33. The number of carboxylic acid groups (broad SMARTS) is 1. The van der Waals surface area contributed by atoms with Crippen molar-refractivity contribution in [2.24, 2.45) is 11.8 Å². The molecule has 38 heavy (non-hydrogen) atoms. The molecule has 0 spiro atoms. The number of rotatable bonds is 10. The van der Waals surface area contributed by atoms with E-state index in [1.54, 1.807) is 12.1 Å². The quantitative estimate of drug-likeness (QED) is 0.199. The van der Waals surface area contributed by atoms with E-state index in [1.165, 1.54) is 24.3 Å². The first-order valence-corrected chi connectivity index (χ1v) is 12.9. The largest absolute Gasteiger partial charge is 0.504 e. The number of carbonyl (C=O) groups is 1. The van der Waals surface area contributed by atoms with E-state index in [4.69, 9.17) is 14.0 Å². The van der Waals surface area contributed by atoms with E-state index in [0.717, 1.165) is 5.56 Å². The number of hydrogen-bond donors (Lipinski definition) is 7. The van der Waals surface area contributed by atoms with Crippen molar-refractivity contribution < 1.29 is 62.1 Å². The smallest absolute Gasteiger partial charge is 0.446 e. The van der Waals surface area contributed by atoms with Crippen LogP contribution in [0.25, 0.3) is 0 Å². The molecule has 0 saturated carbocycles. The first kappa shape index (κ1) is 29.4. The molecule has 7 N–H and O–H groups in total. The monoisotopic (exact) mass is 558 g/mol. The molecule has 2 aromatic carbocycles. The molecule has 0 bridgehead atoms. The molecule has 2 aromatic rings. The predicted molar refractivity (Wildman–Crippen MR) is 129 cm³/mol. The van der Waals surface area contributed by atoms with Gasteiger partial charge in [-0.2, -0.15) is 8.42 Å². The van der Waals surface area contributed by atoms with E-state index in [1.807, 2.05) is 13.8 Å². The summed E-state index contributed by atoms with van der Waals surface area (Å²) in [7, 11) is -4.77. The second kappa shape index (κ2) is 11.7. The van der Waals surface area contributed by atoms with Gasteiger partial charge in [-0.1, -0.05) is 26.0 Å². The van der Waals surface area contributed by atoms with Crippen molar-refractivity contribution in [1.82, 2.24) is 0 Å². The van der Waals surface area contributed by atoms with Crippen LogP contribution in [0.2, 0.25) is 0 Å². The van der Waals surface area contributed by atoms with E-state index >= 15 is 0 Å². The minimum Gasteiger partial charge on any atom is -0.504 e. The van der Waals surface area contributed by atoms with E-state index in [2.05, 4.69) is 4.18 Å². The molecule has 0 aliphatic carbocycles. The Morgan fingerprint density at radius 1 is 0.895 bits per heavy atom. The van der Waals surface area contributed by atoms with E-state index in [9.17, 15) is 43.9 Å². The third kappa shape index (κ3) is 7.24. The molecule has 1 fully saturated rings. The zero-order valence-electron chi connectivity index (χ0n) is 20.4. The number of benzene rings is 2. The highest BCUT2D eigenvalue weighted by Crippen LogP contribution is 2.34. The van der Waals surface area contributed by atoms with E-state index in [0.29, 0.717) is 18.4 Å². The maximum atomic E-state index is 11.3. The molecule has 1 heterocycles. The van der Waals surface area contributed by atoms with Gasteiger partial charge in [0.05, 0.1) is 0 Å². The van der Waals surface area contributed by atoms with Gasteiger partial charge in [-0.25, -0.2) is 4.79 Å². The number of ether oxygens (including phenoxy) is 2. The maximum absolute atomic E-state index is 11.3. The van der Waals surface area contributed by atoms with Gasteiger partial charge in [-0.05, 0) is 60.1 Å². The summed E-state index contributed by atoms with van der Waals surface area (Å²) in [4.78, 5) is 11.3. The Bertz CT molecular complexity index is 1250. The highest BCUT2D eigenvalue weighted by molar-refractivity contribution is 7.81. The van der Waals surface area contributed by atoms with Crippen molar-refractivity contribution >= 4 is 16.4 Å². The summed E-state index contributed by atoms with van der Waals surface area (Å²) in [6.45, 7) is 3.93. The van der Waals surface area contributed by atoms with Gasteiger partial charge in [-0.3, -0.25) is 4.55 Å². The molecule has 1 saturated heterocycles. The van der Waals surface area contributed by atoms with Gasteiger partial charge in [0.2, 0.25) is 6.29 Å². The highest BCUT2D eigenvalue weighted by atomic mass is 32.3. The number of aliphatic hydroxyl groups excluding tert-OH is 3. The fourth-order valence-corrected chi connectivity index (χ4v) is 4.44. The summed E-state index contributed by atoms with van der Waals surface area (Å²) >= 11 is 0. The number of phenols is 2. The van der Waals surface area contributed by atoms with Gasteiger partial charge in [0.25, 0.3) is 0 Å². The second-order valence-corrected chi connectivity index (χ2v) is 10.4. The number of hydrogen-bond acceptors (Lipinski definition) is 11. The van der Waals surface area contributed by atoms with Crippen molar-refractivity contribution in [1.29, 1.82) is 0 Å². The van der Waals surface area contributed by atoms with Crippen LogP contribution < -0.4 is 8.92 Å². The third-order valence-corrected chi connectivity index (χ3v) is 6.78. The Morgan fingerprint density at radius 3 is 2.03 bits per heavy atom. The zero-order valence-corrected chi connectivity index (χ0v) is 21.2. The number of aromatic hydroxyl groups is 2. The average molecular weight is 559 g/mol.